The lowest BCUT2D eigenvalue weighted by atomic mass is 9.80. The highest BCUT2D eigenvalue weighted by atomic mass is 79.9. The van der Waals surface area contributed by atoms with E-state index in [4.69, 9.17) is 14.8 Å². The van der Waals surface area contributed by atoms with Gasteiger partial charge in [0.2, 0.25) is 0 Å². The Kier molecular flexibility index (Phi) is 20.7. The smallest absolute Gasteiger partial charge is 0.423 e. The second-order valence-corrected chi connectivity index (χ2v) is 28.6. The zero-order valence-electron chi connectivity index (χ0n) is 56.3. The van der Waals surface area contributed by atoms with Gasteiger partial charge in [0.1, 0.15) is 0 Å². The molecule has 18 aromatic carbocycles. The summed E-state index contributed by atoms with van der Waals surface area (Å²) in [4.78, 5) is 0. The van der Waals surface area contributed by atoms with Crippen LogP contribution in [0.15, 0.2) is 365 Å². The van der Waals surface area contributed by atoms with Gasteiger partial charge in [-0.1, -0.05) is 383 Å². The molecule has 0 saturated carbocycles. The highest BCUT2D eigenvalue weighted by Crippen LogP contribution is 2.50. The average Bonchev–Trinajstić information content (AvgIpc) is 0.716. The molecule has 2 N–H and O–H groups in total. The standard InChI is InChI=1S/C58H38.C22H11Br3.C12H11BO2.C4H8O.CH4/c1-5-13-39(14-6-1)42-21-27-46(28-22-42)54-37-53(45-19-11-4-12-20-45)49-33-34-51-55(47-29-23-43(24-30-47)40-15-7-2-8-16-40)38-56(52-36-35-50(54)57(49)58(51)52)48-31-25-44(26-32-48)41-17-9-3-10-18-41;23-18-10-17(12-4-2-1-3-5-12)13-6-7-15-19(24)11-20(25)16-9-8-14(18)21(13)22(15)16;14-13(15)12-8-6-11(7-9-12)10-4-2-1-3-5-10;1-2-4-5-3-1;/h1-38H;1-11H;1-9,14-15H;1-4H2;1H4. The summed E-state index contributed by atoms with van der Waals surface area (Å²) < 4.78 is 8.30. The van der Waals surface area contributed by atoms with Crippen molar-refractivity contribution in [3.63, 3.8) is 0 Å². The van der Waals surface area contributed by atoms with Crippen LogP contribution in [0.25, 0.3) is 165 Å². The monoisotopic (exact) mass is 1530 g/mol. The van der Waals surface area contributed by atoms with Gasteiger partial charge in [-0.25, -0.2) is 0 Å². The molecule has 0 amide bonds. The van der Waals surface area contributed by atoms with Crippen LogP contribution in [0.3, 0.4) is 0 Å². The van der Waals surface area contributed by atoms with E-state index in [1.54, 1.807) is 12.1 Å². The van der Waals surface area contributed by atoms with Crippen molar-refractivity contribution in [1.29, 1.82) is 0 Å². The van der Waals surface area contributed by atoms with E-state index in [1.165, 1.54) is 166 Å². The first kappa shape index (κ1) is 69.2. The first-order valence-corrected chi connectivity index (χ1v) is 37.3. The van der Waals surface area contributed by atoms with E-state index >= 15 is 0 Å². The molecule has 19 rings (SSSR count). The number of halogens is 3. The van der Waals surface area contributed by atoms with Gasteiger partial charge in [0.15, 0.2) is 0 Å². The molecule has 104 heavy (non-hydrogen) atoms. The van der Waals surface area contributed by atoms with E-state index in [0.717, 1.165) is 37.8 Å². The van der Waals surface area contributed by atoms with Crippen molar-refractivity contribution in [2.24, 2.45) is 0 Å². The van der Waals surface area contributed by atoms with Crippen molar-refractivity contribution in [2.75, 3.05) is 13.2 Å². The van der Waals surface area contributed by atoms with Crippen LogP contribution in [0.1, 0.15) is 20.3 Å². The molecule has 18 aromatic rings. The Morgan fingerprint density at radius 3 is 0.692 bits per heavy atom. The predicted octanol–water partition coefficient (Wildman–Crippen LogP) is 27.3. The third kappa shape index (κ3) is 14.1. The maximum atomic E-state index is 8.94. The zero-order valence-corrected chi connectivity index (χ0v) is 61.1. The lowest BCUT2D eigenvalue weighted by Crippen LogP contribution is -2.29. The molecule has 502 valence electrons. The fourth-order valence-electron chi connectivity index (χ4n) is 14.7. The van der Waals surface area contributed by atoms with Gasteiger partial charge in [0, 0.05) is 26.6 Å². The Balaban J connectivity index is 0.000000153. The largest absolute Gasteiger partial charge is 0.488 e. The summed E-state index contributed by atoms with van der Waals surface area (Å²) in [5.74, 6) is 0. The Labute approximate surface area is 633 Å². The number of benzene rings is 18. The molecular formula is C97H72BBr3O3. The fourth-order valence-corrected chi connectivity index (χ4v) is 16.7. The van der Waals surface area contributed by atoms with Gasteiger partial charge >= 0.3 is 7.12 Å². The van der Waals surface area contributed by atoms with Crippen molar-refractivity contribution in [3.05, 3.63) is 365 Å². The van der Waals surface area contributed by atoms with Gasteiger partial charge in [-0.2, -0.15) is 0 Å². The summed E-state index contributed by atoms with van der Waals surface area (Å²) in [5.41, 5.74) is 22.3. The van der Waals surface area contributed by atoms with E-state index in [0.29, 0.717) is 5.46 Å². The van der Waals surface area contributed by atoms with Crippen LogP contribution in [-0.2, 0) is 4.74 Å². The van der Waals surface area contributed by atoms with E-state index in [9.17, 15) is 0 Å². The maximum absolute atomic E-state index is 8.94. The summed E-state index contributed by atoms with van der Waals surface area (Å²) in [5, 5.41) is 33.2. The Hall–Kier alpha value is -10.6. The molecule has 1 fully saturated rings. The van der Waals surface area contributed by atoms with Crippen LogP contribution in [-0.4, -0.2) is 30.4 Å². The maximum Gasteiger partial charge on any atom is 0.488 e. The van der Waals surface area contributed by atoms with Crippen LogP contribution in [0.5, 0.6) is 0 Å². The minimum Gasteiger partial charge on any atom is -0.423 e. The zero-order chi connectivity index (χ0) is 69.8. The quantitative estimate of drug-likeness (QED) is 0.106. The van der Waals surface area contributed by atoms with Gasteiger partial charge < -0.3 is 14.8 Å². The molecule has 0 radical (unpaired) electrons. The van der Waals surface area contributed by atoms with Crippen LogP contribution >= 0.6 is 47.8 Å². The van der Waals surface area contributed by atoms with E-state index in [1.807, 2.05) is 42.5 Å². The molecule has 0 bridgehead atoms. The van der Waals surface area contributed by atoms with E-state index in [-0.39, 0.29) is 7.43 Å². The number of hydrogen-bond acceptors (Lipinski definition) is 3. The number of rotatable bonds is 10. The second kappa shape index (κ2) is 31.2. The summed E-state index contributed by atoms with van der Waals surface area (Å²) in [6.45, 7) is 2.00. The minimum absolute atomic E-state index is 0. The molecule has 0 spiro atoms. The number of ether oxygens (including phenoxy) is 1. The van der Waals surface area contributed by atoms with E-state index < -0.39 is 7.12 Å². The van der Waals surface area contributed by atoms with Crippen molar-refractivity contribution in [2.45, 2.75) is 20.3 Å². The summed E-state index contributed by atoms with van der Waals surface area (Å²) in [6, 6.07) is 125. The van der Waals surface area contributed by atoms with Crippen LogP contribution in [0, 0.1) is 0 Å². The highest BCUT2D eigenvalue weighted by Gasteiger charge is 2.23. The molecule has 3 nitrogen and oxygen atoms in total. The van der Waals surface area contributed by atoms with E-state index in [2.05, 4.69) is 345 Å². The summed E-state index contributed by atoms with van der Waals surface area (Å²) >= 11 is 11.3. The Morgan fingerprint density at radius 1 is 0.221 bits per heavy atom. The molecule has 1 aliphatic rings. The first-order chi connectivity index (χ1) is 50.7. The summed E-state index contributed by atoms with van der Waals surface area (Å²) in [6.07, 6.45) is 2.56. The Morgan fingerprint density at radius 2 is 0.423 bits per heavy atom. The van der Waals surface area contributed by atoms with Gasteiger partial charge in [0.05, 0.1) is 0 Å². The molecule has 0 unspecified atom stereocenters. The summed E-state index contributed by atoms with van der Waals surface area (Å²) in [7, 11) is -1.39. The first-order valence-electron chi connectivity index (χ1n) is 34.9. The highest BCUT2D eigenvalue weighted by molar-refractivity contribution is 9.11. The normalized spacial score (nSPS) is 11.8. The third-order valence-corrected chi connectivity index (χ3v) is 21.8. The van der Waals surface area contributed by atoms with Gasteiger partial charge in [-0.3, -0.25) is 0 Å². The predicted molar refractivity (Wildman–Crippen MR) is 455 cm³/mol. The topological polar surface area (TPSA) is 49.7 Å². The third-order valence-electron chi connectivity index (χ3n) is 19.9. The van der Waals surface area contributed by atoms with Crippen molar-refractivity contribution in [1.82, 2.24) is 0 Å². The fraction of sp³-hybridized carbons (Fsp3) is 0.0515. The minimum atomic E-state index is -1.39. The molecule has 0 aromatic heterocycles. The molecule has 1 saturated heterocycles. The molecule has 7 heteroatoms. The van der Waals surface area contributed by atoms with Gasteiger partial charge in [0.25, 0.3) is 0 Å². The van der Waals surface area contributed by atoms with Crippen molar-refractivity contribution < 1.29 is 14.8 Å². The number of hydrogen-bond donors (Lipinski definition) is 2. The van der Waals surface area contributed by atoms with Gasteiger partial charge in [-0.05, 0) is 207 Å². The lowest BCUT2D eigenvalue weighted by molar-refractivity contribution is 0.198. The lowest BCUT2D eigenvalue weighted by Gasteiger charge is -2.22. The molecule has 1 heterocycles. The van der Waals surface area contributed by atoms with Crippen LogP contribution in [0.2, 0.25) is 0 Å². The van der Waals surface area contributed by atoms with Crippen LogP contribution in [0.4, 0.5) is 0 Å². The SMILES string of the molecule is Brc1cc(Br)c2ccc3c(-c4ccccc4)cc(Br)c4ccc1c2c43.C.C1CCOC1.OB(O)c1ccc(-c2ccccc2)cc1.c1ccc(-c2ccc(-c3cc(-c4ccccc4)c4ccc5c(-c6ccc(-c7ccccc7)cc6)cc(-c6ccc(-c7ccccc7)cc6)c6ccc3c4c56)cc2)cc1. The Bertz CT molecular complexity index is 5810. The molecule has 1 aliphatic heterocycles. The molecule has 0 aliphatic carbocycles. The van der Waals surface area contributed by atoms with Crippen molar-refractivity contribution in [3.8, 4) is 100 Å². The molecule has 0 atom stereocenters. The van der Waals surface area contributed by atoms with Gasteiger partial charge in [-0.15, -0.1) is 0 Å². The van der Waals surface area contributed by atoms with Crippen LogP contribution < -0.4 is 5.46 Å². The van der Waals surface area contributed by atoms with Crippen molar-refractivity contribution >= 4 is 125 Å². The average molecular weight is 1540 g/mol. The molecular weight excluding hydrogens is 1460 g/mol. The second-order valence-electron chi connectivity index (χ2n) is 26.1.